The SMILES string of the molecule is O=C(COc1cccnc1[N+](=O)[O-])NCC1(c2ccccc2)CCC1. The van der Waals surface area contributed by atoms with Gasteiger partial charge in [-0.15, -0.1) is 0 Å². The van der Waals surface area contributed by atoms with Crippen molar-refractivity contribution in [2.24, 2.45) is 0 Å². The number of ether oxygens (including phenoxy) is 1. The molecule has 1 N–H and O–H groups in total. The highest BCUT2D eigenvalue weighted by Crippen LogP contribution is 2.43. The topological polar surface area (TPSA) is 94.4 Å². The summed E-state index contributed by atoms with van der Waals surface area (Å²) in [5.41, 5.74) is 1.21. The van der Waals surface area contributed by atoms with Crippen molar-refractivity contribution in [3.8, 4) is 5.75 Å². The summed E-state index contributed by atoms with van der Waals surface area (Å²) in [5.74, 6) is -0.709. The van der Waals surface area contributed by atoms with E-state index in [0.29, 0.717) is 6.54 Å². The van der Waals surface area contributed by atoms with Crippen LogP contribution in [-0.2, 0) is 10.2 Å². The molecule has 7 nitrogen and oxygen atoms in total. The summed E-state index contributed by atoms with van der Waals surface area (Å²) in [4.78, 5) is 26.0. The van der Waals surface area contributed by atoms with Crippen LogP contribution >= 0.6 is 0 Å². The van der Waals surface area contributed by atoms with Crippen LogP contribution < -0.4 is 10.1 Å². The third kappa shape index (κ3) is 3.76. The molecule has 1 saturated carbocycles. The number of amides is 1. The molecular formula is C18H19N3O4. The molecule has 1 aromatic heterocycles. The summed E-state index contributed by atoms with van der Waals surface area (Å²) >= 11 is 0. The number of aromatic nitrogens is 1. The van der Waals surface area contributed by atoms with Crippen molar-refractivity contribution in [2.75, 3.05) is 13.2 Å². The van der Waals surface area contributed by atoms with E-state index in [1.807, 2.05) is 18.2 Å². The lowest BCUT2D eigenvalue weighted by atomic mass is 9.64. The smallest absolute Gasteiger partial charge is 0.406 e. The average Bonchev–Trinajstić information content (AvgIpc) is 2.60. The Labute approximate surface area is 145 Å². The summed E-state index contributed by atoms with van der Waals surface area (Å²) in [7, 11) is 0. The number of nitro groups is 1. The second-order valence-corrected chi connectivity index (χ2v) is 6.15. The summed E-state index contributed by atoms with van der Waals surface area (Å²) in [6.45, 7) is 0.256. The standard InChI is InChI=1S/C18H19N3O4/c22-16(12-25-15-8-4-11-19-17(15)21(23)24)20-13-18(9-5-10-18)14-6-2-1-3-7-14/h1-4,6-8,11H,5,9-10,12-13H2,(H,20,22). The molecule has 1 amide bonds. The first-order valence-corrected chi connectivity index (χ1v) is 8.15. The number of benzene rings is 1. The van der Waals surface area contributed by atoms with Crippen molar-refractivity contribution >= 4 is 11.7 Å². The van der Waals surface area contributed by atoms with Crippen LogP contribution in [0.3, 0.4) is 0 Å². The van der Waals surface area contributed by atoms with E-state index in [4.69, 9.17) is 4.74 Å². The molecule has 0 spiro atoms. The monoisotopic (exact) mass is 341 g/mol. The Hall–Kier alpha value is -2.96. The van der Waals surface area contributed by atoms with Crippen LogP contribution in [0.1, 0.15) is 24.8 Å². The molecular weight excluding hydrogens is 322 g/mol. The zero-order chi connectivity index (χ0) is 17.7. The third-order valence-electron chi connectivity index (χ3n) is 4.60. The van der Waals surface area contributed by atoms with Crippen LogP contribution in [0.15, 0.2) is 48.7 Å². The van der Waals surface area contributed by atoms with Gasteiger partial charge in [-0.3, -0.25) is 4.79 Å². The fraction of sp³-hybridized carbons (Fsp3) is 0.333. The quantitative estimate of drug-likeness (QED) is 0.617. The fourth-order valence-electron chi connectivity index (χ4n) is 3.06. The van der Waals surface area contributed by atoms with E-state index in [0.717, 1.165) is 19.3 Å². The molecule has 7 heteroatoms. The molecule has 0 radical (unpaired) electrons. The molecule has 0 aliphatic heterocycles. The van der Waals surface area contributed by atoms with Crippen LogP contribution in [0.5, 0.6) is 5.75 Å². The Morgan fingerprint density at radius 3 is 2.64 bits per heavy atom. The van der Waals surface area contributed by atoms with E-state index < -0.39 is 10.7 Å². The predicted molar refractivity (Wildman–Crippen MR) is 91.4 cm³/mol. The molecule has 1 aromatic carbocycles. The molecule has 1 aliphatic rings. The van der Waals surface area contributed by atoms with Crippen LogP contribution in [0.2, 0.25) is 0 Å². The molecule has 25 heavy (non-hydrogen) atoms. The van der Waals surface area contributed by atoms with E-state index in [1.54, 1.807) is 0 Å². The van der Waals surface area contributed by atoms with Gasteiger partial charge in [0.2, 0.25) is 5.75 Å². The lowest BCUT2D eigenvalue weighted by Gasteiger charge is -2.42. The minimum atomic E-state index is -0.633. The fourth-order valence-corrected chi connectivity index (χ4v) is 3.06. The summed E-state index contributed by atoms with van der Waals surface area (Å²) in [6.07, 6.45) is 4.52. The number of carbonyl (C=O) groups is 1. The molecule has 1 fully saturated rings. The number of hydrogen-bond donors (Lipinski definition) is 1. The highest BCUT2D eigenvalue weighted by Gasteiger charge is 2.38. The average molecular weight is 341 g/mol. The molecule has 130 valence electrons. The van der Waals surface area contributed by atoms with Crippen molar-refractivity contribution in [1.82, 2.24) is 10.3 Å². The van der Waals surface area contributed by atoms with Crippen LogP contribution in [-0.4, -0.2) is 29.0 Å². The molecule has 1 aliphatic carbocycles. The highest BCUT2D eigenvalue weighted by atomic mass is 16.6. The van der Waals surface area contributed by atoms with Crippen LogP contribution in [0.25, 0.3) is 0 Å². The van der Waals surface area contributed by atoms with Crippen molar-refractivity contribution < 1.29 is 14.5 Å². The summed E-state index contributed by atoms with van der Waals surface area (Å²) < 4.78 is 5.27. The van der Waals surface area contributed by atoms with Gasteiger partial charge < -0.3 is 20.2 Å². The van der Waals surface area contributed by atoms with Gasteiger partial charge in [-0.25, -0.2) is 0 Å². The molecule has 0 unspecified atom stereocenters. The van der Waals surface area contributed by atoms with Crippen LogP contribution in [0.4, 0.5) is 5.82 Å². The first-order valence-electron chi connectivity index (χ1n) is 8.15. The maximum atomic E-state index is 12.1. The number of nitrogens with zero attached hydrogens (tertiary/aromatic N) is 2. The Kier molecular flexibility index (Phi) is 4.92. The van der Waals surface area contributed by atoms with Gasteiger partial charge in [0.25, 0.3) is 5.91 Å². The number of nitrogens with one attached hydrogen (secondary N) is 1. The van der Waals surface area contributed by atoms with Gasteiger partial charge in [0.15, 0.2) is 6.61 Å². The maximum absolute atomic E-state index is 12.1. The number of pyridine rings is 1. The second kappa shape index (κ2) is 7.29. The van der Waals surface area contributed by atoms with Crippen molar-refractivity contribution in [3.63, 3.8) is 0 Å². The lowest BCUT2D eigenvalue weighted by Crippen LogP contribution is -2.46. The first kappa shape index (κ1) is 16.9. The zero-order valence-electron chi connectivity index (χ0n) is 13.7. The summed E-state index contributed by atoms with van der Waals surface area (Å²) in [5, 5.41) is 13.8. The number of hydrogen-bond acceptors (Lipinski definition) is 5. The minimum Gasteiger partial charge on any atom is -0.476 e. The lowest BCUT2D eigenvalue weighted by molar-refractivity contribution is -0.390. The first-order chi connectivity index (χ1) is 12.1. The van der Waals surface area contributed by atoms with Gasteiger partial charge in [-0.1, -0.05) is 36.8 Å². The molecule has 1 heterocycles. The molecule has 0 bridgehead atoms. The Morgan fingerprint density at radius 2 is 2.00 bits per heavy atom. The van der Waals surface area contributed by atoms with Gasteiger partial charge in [0.05, 0.1) is 0 Å². The van der Waals surface area contributed by atoms with Crippen molar-refractivity contribution in [1.29, 1.82) is 0 Å². The number of rotatable bonds is 7. The van der Waals surface area contributed by atoms with E-state index in [1.165, 1.54) is 23.9 Å². The van der Waals surface area contributed by atoms with Crippen molar-refractivity contribution in [2.45, 2.75) is 24.7 Å². The minimum absolute atomic E-state index is 0.0101. The van der Waals surface area contributed by atoms with Gasteiger partial charge >= 0.3 is 5.82 Å². The maximum Gasteiger partial charge on any atom is 0.406 e. The Bertz CT molecular complexity index is 760. The normalized spacial score (nSPS) is 15.0. The largest absolute Gasteiger partial charge is 0.476 e. The zero-order valence-corrected chi connectivity index (χ0v) is 13.7. The number of carbonyl (C=O) groups excluding carboxylic acids is 1. The molecule has 0 atom stereocenters. The van der Waals surface area contributed by atoms with Crippen molar-refractivity contribution in [3.05, 3.63) is 64.3 Å². The van der Waals surface area contributed by atoms with Gasteiger partial charge in [-0.05, 0) is 40.4 Å². The molecule has 0 saturated heterocycles. The van der Waals surface area contributed by atoms with E-state index in [-0.39, 0.29) is 23.7 Å². The summed E-state index contributed by atoms with van der Waals surface area (Å²) in [6, 6.07) is 13.1. The Morgan fingerprint density at radius 1 is 1.24 bits per heavy atom. The second-order valence-electron chi connectivity index (χ2n) is 6.15. The molecule has 2 aromatic rings. The molecule has 3 rings (SSSR count). The van der Waals surface area contributed by atoms with E-state index >= 15 is 0 Å². The van der Waals surface area contributed by atoms with Crippen LogP contribution in [0, 0.1) is 10.1 Å². The highest BCUT2D eigenvalue weighted by molar-refractivity contribution is 5.77. The van der Waals surface area contributed by atoms with E-state index in [9.17, 15) is 14.9 Å². The Balaban J connectivity index is 1.56. The predicted octanol–water partition coefficient (Wildman–Crippen LogP) is 2.61. The third-order valence-corrected chi connectivity index (χ3v) is 4.60. The van der Waals surface area contributed by atoms with E-state index in [2.05, 4.69) is 22.4 Å². The van der Waals surface area contributed by atoms with Gasteiger partial charge in [0.1, 0.15) is 6.20 Å². The van der Waals surface area contributed by atoms with Gasteiger partial charge in [-0.2, -0.15) is 0 Å². The van der Waals surface area contributed by atoms with Gasteiger partial charge in [0, 0.05) is 12.0 Å².